The van der Waals surface area contributed by atoms with Gasteiger partial charge in [-0.25, -0.2) is 0 Å². The zero-order chi connectivity index (χ0) is 39.2. The molecule has 3 heterocycles. The second-order valence-corrected chi connectivity index (χ2v) is 16.3. The molecule has 14 nitrogen and oxygen atoms in total. The number of Topliss-reactive ketones (excluding diaryl/α,β-unsaturated/α-hetero) is 1. The fourth-order valence-electron chi connectivity index (χ4n) is 7.02. The summed E-state index contributed by atoms with van der Waals surface area (Å²) in [6.07, 6.45) is 1.46. The van der Waals surface area contributed by atoms with E-state index in [1.54, 1.807) is 48.5 Å². The van der Waals surface area contributed by atoms with E-state index in [1.165, 1.54) is 23.1 Å². The Bertz CT molecular complexity index is 1730. The number of hydrogen-bond acceptors (Lipinski definition) is 8. The lowest BCUT2D eigenvalue weighted by Crippen LogP contribution is -2.64. The van der Waals surface area contributed by atoms with Gasteiger partial charge in [0.2, 0.25) is 29.1 Å². The first-order valence-electron chi connectivity index (χ1n) is 18.4. The molecule has 0 aliphatic carbocycles. The van der Waals surface area contributed by atoms with E-state index in [-0.39, 0.29) is 24.6 Å². The number of benzene rings is 1. The van der Waals surface area contributed by atoms with Crippen LogP contribution in [-0.4, -0.2) is 88.5 Å². The van der Waals surface area contributed by atoms with Gasteiger partial charge in [0.15, 0.2) is 0 Å². The van der Waals surface area contributed by atoms with Crippen LogP contribution >= 0.6 is 0 Å². The first kappa shape index (κ1) is 40.9. The normalized spacial score (nSPS) is 20.7. The molecule has 0 radical (unpaired) electrons. The van der Waals surface area contributed by atoms with Gasteiger partial charge in [0.05, 0.1) is 12.1 Å². The molecule has 2 saturated heterocycles. The third-order valence-electron chi connectivity index (χ3n) is 9.96. The molecule has 7 atom stereocenters. The minimum absolute atomic E-state index is 0.0176. The van der Waals surface area contributed by atoms with E-state index in [0.29, 0.717) is 13.0 Å². The van der Waals surface area contributed by atoms with E-state index in [4.69, 9.17) is 0 Å². The number of amides is 5. The van der Waals surface area contributed by atoms with Crippen LogP contribution in [0.2, 0.25) is 0 Å². The SMILES string of the molecule is CCC[C@H](NC(=O)[C@@H]1C2NCC[C@H]2CN1C(=O)[C@@H](NC(=O)[C@@H](NC(=O)c1cccc(=O)[nH]1)C(C)(C)C)C(C)(C)C)C(=O)C(=O)N[C@@H](C)c1ccccc1. The third kappa shape index (κ3) is 9.98. The minimum Gasteiger partial charge on any atom is -0.344 e. The molecule has 1 aromatic carbocycles. The van der Waals surface area contributed by atoms with Gasteiger partial charge in [-0.15, -0.1) is 0 Å². The van der Waals surface area contributed by atoms with Gasteiger partial charge in [-0.05, 0) is 54.7 Å². The summed E-state index contributed by atoms with van der Waals surface area (Å²) in [5, 5.41) is 14.5. The first-order valence-corrected chi connectivity index (χ1v) is 18.4. The number of H-pyrrole nitrogens is 1. The lowest BCUT2D eigenvalue weighted by Gasteiger charge is -2.38. The molecule has 0 bridgehead atoms. The van der Waals surface area contributed by atoms with E-state index in [0.717, 1.165) is 12.0 Å². The van der Waals surface area contributed by atoms with E-state index in [2.05, 4.69) is 31.6 Å². The molecule has 5 amide bonds. The van der Waals surface area contributed by atoms with Gasteiger partial charge < -0.3 is 36.5 Å². The van der Waals surface area contributed by atoms with Crippen LogP contribution in [-0.2, 0) is 24.0 Å². The topological polar surface area (TPSA) is 199 Å². The Hall–Kier alpha value is -4.85. The number of aromatic nitrogens is 1. The molecular formula is C39H55N7O7. The van der Waals surface area contributed by atoms with Crippen LogP contribution < -0.4 is 32.1 Å². The van der Waals surface area contributed by atoms with E-state index >= 15 is 0 Å². The van der Waals surface area contributed by atoms with Gasteiger partial charge in [-0.1, -0.05) is 91.3 Å². The van der Waals surface area contributed by atoms with Gasteiger partial charge in [0, 0.05) is 18.7 Å². The molecule has 6 N–H and O–H groups in total. The minimum atomic E-state index is -1.11. The number of nitrogens with zero attached hydrogens (tertiary/aromatic N) is 1. The molecule has 14 heteroatoms. The number of rotatable bonds is 13. The Morgan fingerprint density at radius 1 is 0.849 bits per heavy atom. The summed E-state index contributed by atoms with van der Waals surface area (Å²) >= 11 is 0. The molecule has 0 spiro atoms. The van der Waals surface area contributed by atoms with Crippen molar-refractivity contribution in [1.82, 2.24) is 36.5 Å². The zero-order valence-corrected chi connectivity index (χ0v) is 32.0. The van der Waals surface area contributed by atoms with Crippen molar-refractivity contribution in [2.75, 3.05) is 13.1 Å². The number of hydrogen-bond donors (Lipinski definition) is 6. The van der Waals surface area contributed by atoms with Crippen LogP contribution in [0.5, 0.6) is 0 Å². The maximum absolute atomic E-state index is 14.6. The highest BCUT2D eigenvalue weighted by Gasteiger charge is 2.52. The molecule has 2 aliphatic heterocycles. The highest BCUT2D eigenvalue weighted by atomic mass is 16.2. The van der Waals surface area contributed by atoms with Crippen molar-refractivity contribution in [2.24, 2.45) is 16.7 Å². The predicted octanol–water partition coefficient (Wildman–Crippen LogP) is 1.97. The Balaban J connectivity index is 1.55. The van der Waals surface area contributed by atoms with Gasteiger partial charge in [-0.2, -0.15) is 0 Å². The Labute approximate surface area is 311 Å². The number of carbonyl (C=O) groups is 6. The molecule has 288 valence electrons. The van der Waals surface area contributed by atoms with E-state index in [1.807, 2.05) is 37.3 Å². The summed E-state index contributed by atoms with van der Waals surface area (Å²) in [6, 6.07) is 8.19. The van der Waals surface area contributed by atoms with Crippen LogP contribution in [0.3, 0.4) is 0 Å². The van der Waals surface area contributed by atoms with Gasteiger partial charge in [0.1, 0.15) is 23.8 Å². The largest absolute Gasteiger partial charge is 0.344 e. The number of likely N-dealkylation sites (tertiary alicyclic amines) is 1. The van der Waals surface area contributed by atoms with Crippen LogP contribution in [0.4, 0.5) is 0 Å². The lowest BCUT2D eigenvalue weighted by atomic mass is 9.83. The standard InChI is InChI=1S/C39H55N7O7/c1-9-14-25(30(48)35(51)41-22(2)23-15-11-10-12-16-23)43-34(50)29-28-24(19-20-40-28)21-46(29)37(53)32(39(6,7)8)45-36(52)31(38(3,4)5)44-33(49)26-17-13-18-27(47)42-26/h10-13,15-18,22,24-25,28-29,31-32,40H,9,14,19-21H2,1-8H3,(H,41,51)(H,42,47)(H,43,50)(H,44,49)(H,45,52)/t22-,24-,25-,28?,29-,31+,32+/m0/s1. The molecule has 2 aromatic rings. The summed E-state index contributed by atoms with van der Waals surface area (Å²) in [4.78, 5) is 98.2. The number of aromatic amines is 1. The Kier molecular flexibility index (Phi) is 13.0. The number of ketones is 1. The highest BCUT2D eigenvalue weighted by Crippen LogP contribution is 2.33. The van der Waals surface area contributed by atoms with Crippen molar-refractivity contribution in [2.45, 2.75) is 111 Å². The highest BCUT2D eigenvalue weighted by molar-refractivity contribution is 6.38. The van der Waals surface area contributed by atoms with Crippen molar-refractivity contribution >= 4 is 35.3 Å². The third-order valence-corrected chi connectivity index (χ3v) is 9.96. The van der Waals surface area contributed by atoms with E-state index < -0.39 is 88.0 Å². The smallest absolute Gasteiger partial charge is 0.290 e. The van der Waals surface area contributed by atoms with Crippen LogP contribution in [0.1, 0.15) is 96.7 Å². The maximum Gasteiger partial charge on any atom is 0.290 e. The molecular weight excluding hydrogens is 678 g/mol. The van der Waals surface area contributed by atoms with Crippen LogP contribution in [0, 0.1) is 16.7 Å². The monoisotopic (exact) mass is 733 g/mol. The summed E-state index contributed by atoms with van der Waals surface area (Å²) in [5.41, 5.74) is -1.29. The number of nitrogens with one attached hydrogen (secondary N) is 6. The Morgan fingerprint density at radius 3 is 2.11 bits per heavy atom. The second kappa shape index (κ2) is 16.9. The van der Waals surface area contributed by atoms with Crippen molar-refractivity contribution in [3.8, 4) is 0 Å². The number of pyridine rings is 1. The summed E-state index contributed by atoms with van der Waals surface area (Å²) in [7, 11) is 0. The molecule has 1 unspecified atom stereocenters. The Morgan fingerprint density at radius 2 is 1.51 bits per heavy atom. The average Bonchev–Trinajstić information content (AvgIpc) is 3.70. The number of fused-ring (bicyclic) bond motifs is 1. The van der Waals surface area contributed by atoms with Crippen molar-refractivity contribution < 1.29 is 28.8 Å². The fraction of sp³-hybridized carbons (Fsp3) is 0.564. The van der Waals surface area contributed by atoms with Crippen molar-refractivity contribution in [3.63, 3.8) is 0 Å². The van der Waals surface area contributed by atoms with E-state index in [9.17, 15) is 33.6 Å². The fourth-order valence-corrected chi connectivity index (χ4v) is 7.02. The zero-order valence-electron chi connectivity index (χ0n) is 32.0. The van der Waals surface area contributed by atoms with Gasteiger partial charge in [-0.3, -0.25) is 33.6 Å². The molecule has 2 aliphatic rings. The van der Waals surface area contributed by atoms with Crippen LogP contribution in [0.25, 0.3) is 0 Å². The molecule has 1 aromatic heterocycles. The van der Waals surface area contributed by atoms with Crippen molar-refractivity contribution in [3.05, 3.63) is 70.1 Å². The maximum atomic E-state index is 14.6. The average molecular weight is 734 g/mol. The summed E-state index contributed by atoms with van der Waals surface area (Å²) in [6.45, 7) is 15.2. The summed E-state index contributed by atoms with van der Waals surface area (Å²) in [5.74, 6) is -3.95. The lowest BCUT2D eigenvalue weighted by molar-refractivity contribution is -0.146. The molecule has 4 rings (SSSR count). The summed E-state index contributed by atoms with van der Waals surface area (Å²) < 4.78 is 0. The molecule has 2 fully saturated rings. The molecule has 53 heavy (non-hydrogen) atoms. The van der Waals surface area contributed by atoms with Gasteiger partial charge in [0.25, 0.3) is 11.8 Å². The second-order valence-electron chi connectivity index (χ2n) is 16.3. The van der Waals surface area contributed by atoms with Gasteiger partial charge >= 0.3 is 0 Å². The van der Waals surface area contributed by atoms with Crippen molar-refractivity contribution in [1.29, 1.82) is 0 Å². The predicted molar refractivity (Wildman–Crippen MR) is 199 cm³/mol. The quantitative estimate of drug-likeness (QED) is 0.168. The van der Waals surface area contributed by atoms with Crippen LogP contribution in [0.15, 0.2) is 53.3 Å². The number of carbonyl (C=O) groups excluding carboxylic acids is 6. The first-order chi connectivity index (χ1) is 24.8. The molecule has 0 saturated carbocycles.